The van der Waals surface area contributed by atoms with Crippen molar-refractivity contribution in [3.05, 3.63) is 60.2 Å². The number of hydrogen-bond acceptors (Lipinski definition) is 9. The van der Waals surface area contributed by atoms with Gasteiger partial charge in [0.1, 0.15) is 46.5 Å². The van der Waals surface area contributed by atoms with Gasteiger partial charge in [0.15, 0.2) is 11.3 Å². The third-order valence-corrected chi connectivity index (χ3v) is 12.8. The molecule has 2 saturated carbocycles. The van der Waals surface area contributed by atoms with Crippen LogP contribution in [0.1, 0.15) is 57.8 Å². The SMILES string of the molecule is O=C1N[C@]2(C(=O)NS(=O)(=O)C3CC3)C[C@@H]2/C=C\CCCCC[C@H](NC(=O)C(F)(F)F)C(=O)N2C[C@H](Oc3c4cc(F)ccc4nc4c3oc3ccc(F)cc34)C[C@@H]12. The fourth-order valence-corrected chi connectivity index (χ4v) is 9.09. The molecule has 13 nitrogen and oxygen atoms in total. The number of furan rings is 1. The maximum Gasteiger partial charge on any atom is 0.471 e. The molecule has 2 aliphatic heterocycles. The highest BCUT2D eigenvalue weighted by molar-refractivity contribution is 7.91. The Bertz CT molecular complexity index is 2470. The number of alkyl halides is 3. The maximum absolute atomic E-state index is 14.7. The van der Waals surface area contributed by atoms with Crippen molar-refractivity contribution < 1.29 is 58.7 Å². The van der Waals surface area contributed by atoms with E-state index >= 15 is 0 Å². The molecule has 3 N–H and O–H groups in total. The highest BCUT2D eigenvalue weighted by Gasteiger charge is 2.62. The van der Waals surface area contributed by atoms with Crippen molar-refractivity contribution in [2.45, 2.75) is 92.9 Å². The van der Waals surface area contributed by atoms with Crippen LogP contribution in [-0.4, -0.2) is 83.6 Å². The second-order valence-corrected chi connectivity index (χ2v) is 17.0. The second kappa shape index (κ2) is 14.2. The molecule has 302 valence electrons. The van der Waals surface area contributed by atoms with Crippen LogP contribution in [0.2, 0.25) is 0 Å². The fraction of sp³-hybridized carbons (Fsp3) is 0.447. The summed E-state index contributed by atoms with van der Waals surface area (Å²) in [5.41, 5.74) is -1.12. The quantitative estimate of drug-likeness (QED) is 0.182. The third kappa shape index (κ3) is 7.48. The zero-order chi connectivity index (χ0) is 40.4. The van der Waals surface area contributed by atoms with Crippen LogP contribution >= 0.6 is 0 Å². The number of benzene rings is 2. The summed E-state index contributed by atoms with van der Waals surface area (Å²) in [4.78, 5) is 60.0. The molecule has 2 aromatic heterocycles. The number of hydrogen-bond donors (Lipinski definition) is 3. The molecule has 0 bridgehead atoms. The zero-order valence-corrected chi connectivity index (χ0v) is 30.9. The molecule has 4 amide bonds. The number of aromatic nitrogens is 1. The summed E-state index contributed by atoms with van der Waals surface area (Å²) >= 11 is 0. The minimum absolute atomic E-state index is 0.00985. The Balaban J connectivity index is 1.17. The number of amides is 4. The summed E-state index contributed by atoms with van der Waals surface area (Å²) in [6, 6.07) is 4.16. The van der Waals surface area contributed by atoms with E-state index in [9.17, 15) is 49.5 Å². The number of allylic oxidation sites excluding steroid dienone is 1. The van der Waals surface area contributed by atoms with Gasteiger partial charge in [0.2, 0.25) is 21.8 Å². The van der Waals surface area contributed by atoms with E-state index in [0.717, 1.165) is 17.0 Å². The smallest absolute Gasteiger partial charge is 0.471 e. The van der Waals surface area contributed by atoms with Crippen LogP contribution in [0.4, 0.5) is 22.0 Å². The Kier molecular flexibility index (Phi) is 9.63. The molecule has 3 fully saturated rings. The number of carbonyl (C=O) groups is 4. The lowest BCUT2D eigenvalue weighted by Gasteiger charge is -2.30. The van der Waals surface area contributed by atoms with Gasteiger partial charge in [-0.15, -0.1) is 0 Å². The summed E-state index contributed by atoms with van der Waals surface area (Å²) in [6.07, 6.45) is -0.973. The van der Waals surface area contributed by atoms with Gasteiger partial charge in [-0.25, -0.2) is 22.2 Å². The molecule has 2 aromatic carbocycles. The number of fused-ring (bicyclic) bond motifs is 6. The van der Waals surface area contributed by atoms with Gasteiger partial charge < -0.3 is 24.7 Å². The average Bonchev–Trinajstić information content (AvgIpc) is 4.05. The summed E-state index contributed by atoms with van der Waals surface area (Å²) < 4.78 is 110. The number of halogens is 5. The number of pyridine rings is 1. The van der Waals surface area contributed by atoms with Gasteiger partial charge in [-0.2, -0.15) is 13.2 Å². The Labute approximate surface area is 321 Å². The summed E-state index contributed by atoms with van der Waals surface area (Å²) in [5, 5.41) is 4.10. The Morgan fingerprint density at radius 2 is 1.74 bits per heavy atom. The molecule has 0 unspecified atom stereocenters. The van der Waals surface area contributed by atoms with Gasteiger partial charge in [-0.3, -0.25) is 23.9 Å². The van der Waals surface area contributed by atoms with E-state index in [2.05, 4.69) is 15.0 Å². The Morgan fingerprint density at radius 3 is 2.47 bits per heavy atom. The normalized spacial score (nSPS) is 26.6. The first-order chi connectivity index (χ1) is 27.0. The number of nitrogens with zero attached hydrogens (tertiary/aromatic N) is 2. The number of ether oxygens (including phenoxy) is 1. The van der Waals surface area contributed by atoms with Crippen molar-refractivity contribution in [1.29, 1.82) is 0 Å². The minimum Gasteiger partial charge on any atom is -0.484 e. The molecule has 5 atom stereocenters. The monoisotopic (exact) mass is 817 g/mol. The predicted molar refractivity (Wildman–Crippen MR) is 193 cm³/mol. The molecule has 4 aromatic rings. The maximum atomic E-state index is 14.7. The van der Waals surface area contributed by atoms with E-state index in [1.807, 2.05) is 0 Å². The second-order valence-electron chi connectivity index (χ2n) is 15.0. The number of rotatable bonds is 6. The van der Waals surface area contributed by atoms with Crippen molar-refractivity contribution in [3.63, 3.8) is 0 Å². The minimum atomic E-state index is -5.32. The van der Waals surface area contributed by atoms with Crippen LogP contribution < -0.4 is 20.1 Å². The van der Waals surface area contributed by atoms with Crippen LogP contribution in [0.15, 0.2) is 53.0 Å². The number of sulfonamides is 1. The summed E-state index contributed by atoms with van der Waals surface area (Å²) in [6.45, 7) is -0.427. The van der Waals surface area contributed by atoms with Crippen LogP contribution in [0, 0.1) is 17.6 Å². The van der Waals surface area contributed by atoms with Crippen LogP contribution in [0.5, 0.6) is 5.75 Å². The van der Waals surface area contributed by atoms with E-state index in [1.165, 1.54) is 24.3 Å². The van der Waals surface area contributed by atoms with Gasteiger partial charge in [0.25, 0.3) is 5.91 Å². The average molecular weight is 818 g/mol. The molecule has 57 heavy (non-hydrogen) atoms. The van der Waals surface area contributed by atoms with Crippen LogP contribution in [0.25, 0.3) is 33.0 Å². The first kappa shape index (κ1) is 38.5. The van der Waals surface area contributed by atoms with Gasteiger partial charge in [0.05, 0.1) is 17.3 Å². The molecule has 8 rings (SSSR count). The van der Waals surface area contributed by atoms with E-state index in [-0.39, 0.29) is 64.4 Å². The number of nitrogens with one attached hydrogen (secondary N) is 3. The molecule has 1 saturated heterocycles. The molecule has 4 aliphatic rings. The predicted octanol–water partition coefficient (Wildman–Crippen LogP) is 4.81. The zero-order valence-electron chi connectivity index (χ0n) is 30.0. The van der Waals surface area contributed by atoms with Crippen LogP contribution in [0.3, 0.4) is 0 Å². The topological polar surface area (TPSA) is 177 Å². The molecule has 0 radical (unpaired) electrons. The molecule has 0 spiro atoms. The first-order valence-electron chi connectivity index (χ1n) is 18.5. The van der Waals surface area contributed by atoms with Crippen LogP contribution in [-0.2, 0) is 29.2 Å². The third-order valence-electron chi connectivity index (χ3n) is 11.0. The van der Waals surface area contributed by atoms with Crippen molar-refractivity contribution in [2.24, 2.45) is 5.92 Å². The van der Waals surface area contributed by atoms with E-state index in [4.69, 9.17) is 9.15 Å². The van der Waals surface area contributed by atoms with Gasteiger partial charge >= 0.3 is 12.1 Å². The lowest BCUT2D eigenvalue weighted by molar-refractivity contribution is -0.175. The number of carbonyl (C=O) groups excluding carboxylic acids is 4. The van der Waals surface area contributed by atoms with E-state index < -0.39 is 92.9 Å². The van der Waals surface area contributed by atoms with Gasteiger partial charge in [-0.05, 0) is 74.9 Å². The van der Waals surface area contributed by atoms with Crippen molar-refractivity contribution >= 4 is 66.6 Å². The molecule has 2 aliphatic carbocycles. The molecule has 19 heteroatoms. The van der Waals surface area contributed by atoms with Gasteiger partial charge in [0, 0.05) is 23.1 Å². The lowest BCUT2D eigenvalue weighted by Crippen LogP contribution is -2.58. The highest BCUT2D eigenvalue weighted by atomic mass is 32.2. The highest BCUT2D eigenvalue weighted by Crippen LogP contribution is 2.46. The molecule has 4 heterocycles. The summed E-state index contributed by atoms with van der Waals surface area (Å²) in [5.74, 6) is -7.20. The van der Waals surface area contributed by atoms with Crippen molar-refractivity contribution in [2.75, 3.05) is 6.54 Å². The van der Waals surface area contributed by atoms with Crippen molar-refractivity contribution in [1.82, 2.24) is 25.2 Å². The molecular weight excluding hydrogens is 782 g/mol. The first-order valence-corrected chi connectivity index (χ1v) is 20.1. The fourth-order valence-electron chi connectivity index (χ4n) is 7.72. The Morgan fingerprint density at radius 1 is 1.00 bits per heavy atom. The van der Waals surface area contributed by atoms with Crippen molar-refractivity contribution in [3.8, 4) is 5.75 Å². The largest absolute Gasteiger partial charge is 0.484 e. The Hall–Kier alpha value is -5.33. The lowest BCUT2D eigenvalue weighted by atomic mass is 10.0. The van der Waals surface area contributed by atoms with Gasteiger partial charge in [-0.1, -0.05) is 25.0 Å². The standard InChI is InChI=1S/C38H36F5N5O8S/c39-20-8-12-26-24(14-20)31(32-30(44-26)25-15-21(40)9-13-29(25)56-32)55-22-16-28-33(49)46-37(35(51)47-57(53,54)23-10-11-23)17-19(37)6-4-2-1-3-5-7-27(34(50)48(28)18-22)45-36(52)38(41,42)43/h4,6,8-9,12-15,19,22-23,27-28H,1-3,5,7,10-11,16-18H2,(H,45,52)(H,46,49)(H,47,51)/b6-4-/t19-,22+,27-,28-,37+/m0/s1. The molecular formula is C38H36F5N5O8S. The van der Waals surface area contributed by atoms with E-state index in [0.29, 0.717) is 32.1 Å². The summed E-state index contributed by atoms with van der Waals surface area (Å²) in [7, 11) is -4.04. The van der Waals surface area contributed by atoms with E-state index in [1.54, 1.807) is 17.5 Å².